The van der Waals surface area contributed by atoms with Crippen LogP contribution in [0.25, 0.3) is 0 Å². The largest absolute Gasteiger partial charge is 0.396 e. The van der Waals surface area contributed by atoms with Crippen molar-refractivity contribution in [2.75, 3.05) is 25.0 Å². The molecule has 0 bridgehead atoms. The van der Waals surface area contributed by atoms with Crippen LogP contribution < -0.4 is 5.32 Å². The minimum Gasteiger partial charge on any atom is -0.396 e. The third-order valence-corrected chi connectivity index (χ3v) is 5.07. The number of aryl methyl sites for hydroxylation is 1. The summed E-state index contributed by atoms with van der Waals surface area (Å²) in [6, 6.07) is 8.39. The Kier molecular flexibility index (Phi) is 7.03. The number of nitrogens with zero attached hydrogens (tertiary/aromatic N) is 3. The molecule has 0 spiro atoms. The van der Waals surface area contributed by atoms with Gasteiger partial charge in [0.2, 0.25) is 5.89 Å². The molecule has 0 saturated carbocycles. The summed E-state index contributed by atoms with van der Waals surface area (Å²) in [4.78, 5) is 6.91. The van der Waals surface area contributed by atoms with Gasteiger partial charge in [-0.3, -0.25) is 4.90 Å². The van der Waals surface area contributed by atoms with Gasteiger partial charge in [0.05, 0.1) is 6.54 Å². The summed E-state index contributed by atoms with van der Waals surface area (Å²) in [6.07, 6.45) is 5.25. The van der Waals surface area contributed by atoms with Crippen molar-refractivity contribution in [3.8, 4) is 0 Å². The number of anilines is 1. The molecule has 6 heteroatoms. The Morgan fingerprint density at radius 1 is 1.27 bits per heavy atom. The third kappa shape index (κ3) is 5.29. The zero-order chi connectivity index (χ0) is 18.2. The van der Waals surface area contributed by atoms with Gasteiger partial charge >= 0.3 is 0 Å². The van der Waals surface area contributed by atoms with Crippen LogP contribution in [0.1, 0.15) is 49.9 Å². The average Bonchev–Trinajstić information content (AvgIpc) is 3.14. The first-order valence-electron chi connectivity index (χ1n) is 9.75. The highest BCUT2D eigenvalue weighted by Gasteiger charge is 2.19. The quantitative estimate of drug-likeness (QED) is 0.717. The fourth-order valence-electron chi connectivity index (χ4n) is 3.37. The molecule has 1 saturated heterocycles. The van der Waals surface area contributed by atoms with Crippen LogP contribution in [0.2, 0.25) is 0 Å². The van der Waals surface area contributed by atoms with Crippen LogP contribution in [-0.2, 0) is 19.5 Å². The maximum Gasteiger partial charge on any atom is 0.245 e. The Morgan fingerprint density at radius 3 is 2.85 bits per heavy atom. The molecule has 6 nitrogen and oxygen atoms in total. The number of nitrogens with one attached hydrogen (secondary N) is 1. The van der Waals surface area contributed by atoms with Crippen molar-refractivity contribution in [1.29, 1.82) is 0 Å². The smallest absolute Gasteiger partial charge is 0.245 e. The van der Waals surface area contributed by atoms with Gasteiger partial charge < -0.3 is 14.9 Å². The molecule has 1 aromatic heterocycles. The second-order valence-electron chi connectivity index (χ2n) is 7.12. The van der Waals surface area contributed by atoms with Crippen LogP contribution in [0.15, 0.2) is 28.8 Å². The number of likely N-dealkylation sites (tertiary alicyclic amines) is 1. The number of hydrogen-bond donors (Lipinski definition) is 2. The molecule has 0 aliphatic carbocycles. The van der Waals surface area contributed by atoms with Crippen LogP contribution in [0, 0.1) is 5.92 Å². The Hall–Kier alpha value is -1.92. The maximum absolute atomic E-state index is 9.29. The van der Waals surface area contributed by atoms with Crippen molar-refractivity contribution < 1.29 is 9.63 Å². The second kappa shape index (κ2) is 9.69. The number of hydrogen-bond acceptors (Lipinski definition) is 6. The number of rotatable bonds is 9. The predicted molar refractivity (Wildman–Crippen MR) is 102 cm³/mol. The SMILES string of the molecule is CCCCc1noc(CNc2ccccc2CN2CCC(CO)CC2)n1. The number of para-hydroxylation sites is 1. The van der Waals surface area contributed by atoms with Crippen LogP contribution in [0.5, 0.6) is 0 Å². The highest BCUT2D eigenvalue weighted by molar-refractivity contribution is 5.51. The van der Waals surface area contributed by atoms with Crippen molar-refractivity contribution in [3.63, 3.8) is 0 Å². The number of unbranched alkanes of at least 4 members (excludes halogenated alkanes) is 1. The normalized spacial score (nSPS) is 16.1. The van der Waals surface area contributed by atoms with E-state index in [2.05, 4.69) is 45.5 Å². The van der Waals surface area contributed by atoms with Gasteiger partial charge in [-0.05, 0) is 49.9 Å². The molecule has 3 rings (SSSR count). The molecule has 1 fully saturated rings. The average molecular weight is 358 g/mol. The second-order valence-corrected chi connectivity index (χ2v) is 7.12. The van der Waals surface area contributed by atoms with Gasteiger partial charge in [-0.25, -0.2) is 0 Å². The minimum absolute atomic E-state index is 0.316. The van der Waals surface area contributed by atoms with E-state index in [1.807, 2.05) is 6.07 Å². The van der Waals surface area contributed by atoms with Crippen molar-refractivity contribution in [2.24, 2.45) is 5.92 Å². The van der Waals surface area contributed by atoms with E-state index in [4.69, 9.17) is 4.52 Å². The molecule has 0 radical (unpaired) electrons. The highest BCUT2D eigenvalue weighted by Crippen LogP contribution is 2.22. The first-order chi connectivity index (χ1) is 12.8. The lowest BCUT2D eigenvalue weighted by Gasteiger charge is -2.31. The summed E-state index contributed by atoms with van der Waals surface area (Å²) >= 11 is 0. The molecule has 142 valence electrons. The molecule has 2 aromatic rings. The van der Waals surface area contributed by atoms with Gasteiger partial charge in [-0.15, -0.1) is 0 Å². The number of benzene rings is 1. The number of aliphatic hydroxyl groups is 1. The van der Waals surface area contributed by atoms with Gasteiger partial charge in [-0.1, -0.05) is 36.7 Å². The van der Waals surface area contributed by atoms with Crippen molar-refractivity contribution in [3.05, 3.63) is 41.5 Å². The predicted octanol–water partition coefficient (Wildman–Crippen LogP) is 3.23. The third-order valence-electron chi connectivity index (χ3n) is 5.07. The van der Waals surface area contributed by atoms with Gasteiger partial charge in [-0.2, -0.15) is 4.98 Å². The van der Waals surface area contributed by atoms with Gasteiger partial charge in [0.15, 0.2) is 5.82 Å². The number of aromatic nitrogens is 2. The van der Waals surface area contributed by atoms with E-state index in [1.165, 1.54) is 5.56 Å². The van der Waals surface area contributed by atoms with Gasteiger partial charge in [0.1, 0.15) is 0 Å². The molecule has 26 heavy (non-hydrogen) atoms. The first-order valence-corrected chi connectivity index (χ1v) is 9.75. The summed E-state index contributed by atoms with van der Waals surface area (Å²) in [6.45, 7) is 6.03. The summed E-state index contributed by atoms with van der Waals surface area (Å²) in [5.74, 6) is 1.90. The molecule has 1 aromatic carbocycles. The lowest BCUT2D eigenvalue weighted by atomic mass is 9.97. The van der Waals surface area contributed by atoms with Crippen molar-refractivity contribution >= 4 is 5.69 Å². The Bertz CT molecular complexity index is 665. The fraction of sp³-hybridized carbons (Fsp3) is 0.600. The van der Waals surface area contributed by atoms with Crippen molar-refractivity contribution in [1.82, 2.24) is 15.0 Å². The van der Waals surface area contributed by atoms with Crippen LogP contribution in [0.3, 0.4) is 0 Å². The summed E-state index contributed by atoms with van der Waals surface area (Å²) in [5.41, 5.74) is 2.39. The molecular formula is C20H30N4O2. The molecule has 0 amide bonds. The van der Waals surface area contributed by atoms with E-state index < -0.39 is 0 Å². The van der Waals surface area contributed by atoms with E-state index in [0.29, 0.717) is 25.0 Å². The molecule has 1 aliphatic heterocycles. The van der Waals surface area contributed by atoms with Crippen LogP contribution >= 0.6 is 0 Å². The van der Waals surface area contributed by atoms with E-state index in [-0.39, 0.29) is 0 Å². The van der Waals surface area contributed by atoms with Gasteiger partial charge in [0, 0.05) is 25.3 Å². The van der Waals surface area contributed by atoms with E-state index >= 15 is 0 Å². The lowest BCUT2D eigenvalue weighted by Crippen LogP contribution is -2.34. The summed E-state index contributed by atoms with van der Waals surface area (Å²) < 4.78 is 5.34. The summed E-state index contributed by atoms with van der Waals surface area (Å²) in [7, 11) is 0. The topological polar surface area (TPSA) is 74.4 Å². The zero-order valence-corrected chi connectivity index (χ0v) is 15.7. The Morgan fingerprint density at radius 2 is 2.08 bits per heavy atom. The minimum atomic E-state index is 0.316. The van der Waals surface area contributed by atoms with Crippen LogP contribution in [-0.4, -0.2) is 39.8 Å². The molecular weight excluding hydrogens is 328 g/mol. The lowest BCUT2D eigenvalue weighted by molar-refractivity contribution is 0.127. The number of piperidine rings is 1. The van der Waals surface area contributed by atoms with E-state index in [9.17, 15) is 5.11 Å². The summed E-state index contributed by atoms with van der Waals surface area (Å²) in [5, 5.41) is 16.8. The fourth-order valence-corrected chi connectivity index (χ4v) is 3.37. The Labute approximate surface area is 155 Å². The van der Waals surface area contributed by atoms with Gasteiger partial charge in [0.25, 0.3) is 0 Å². The molecule has 1 aliphatic rings. The van der Waals surface area contributed by atoms with Crippen LogP contribution in [0.4, 0.5) is 5.69 Å². The molecule has 0 unspecified atom stereocenters. The molecule has 2 N–H and O–H groups in total. The van der Waals surface area contributed by atoms with E-state index in [1.54, 1.807) is 0 Å². The van der Waals surface area contributed by atoms with Crippen molar-refractivity contribution in [2.45, 2.75) is 52.1 Å². The highest BCUT2D eigenvalue weighted by atomic mass is 16.5. The number of aliphatic hydroxyl groups excluding tert-OH is 1. The van der Waals surface area contributed by atoms with E-state index in [0.717, 1.165) is 63.3 Å². The molecule has 0 atom stereocenters. The maximum atomic E-state index is 9.29. The zero-order valence-electron chi connectivity index (χ0n) is 15.7. The standard InChI is InChI=1S/C20H30N4O2/c1-2-3-8-19-22-20(26-23-19)13-21-18-7-5-4-6-17(18)14-24-11-9-16(15-25)10-12-24/h4-7,16,21,25H,2-3,8-15H2,1H3. The first kappa shape index (κ1) is 18.9. The monoisotopic (exact) mass is 358 g/mol. The Balaban J connectivity index is 1.54. The molecule has 2 heterocycles.